The van der Waals surface area contributed by atoms with E-state index in [-0.39, 0.29) is 29.4 Å². The molecule has 2 heterocycles. The van der Waals surface area contributed by atoms with Crippen LogP contribution in [-0.4, -0.2) is 40.8 Å². The van der Waals surface area contributed by atoms with Gasteiger partial charge in [-0.1, -0.05) is 43.2 Å². The van der Waals surface area contributed by atoms with Gasteiger partial charge in [-0.05, 0) is 42.7 Å². The van der Waals surface area contributed by atoms with Gasteiger partial charge in [0.25, 0.3) is 0 Å². The van der Waals surface area contributed by atoms with Crippen molar-refractivity contribution in [2.75, 3.05) is 17.8 Å². The van der Waals surface area contributed by atoms with Crippen LogP contribution in [0, 0.1) is 5.92 Å². The molecular weight excluding hydrogens is 438 g/mol. The predicted molar refractivity (Wildman–Crippen MR) is 128 cm³/mol. The second-order valence-corrected chi connectivity index (χ2v) is 9.57. The van der Waals surface area contributed by atoms with Gasteiger partial charge in [0.15, 0.2) is 5.12 Å². The number of carbonyl (C=O) groups is 3. The quantitative estimate of drug-likeness (QED) is 0.665. The van der Waals surface area contributed by atoms with Crippen LogP contribution < -0.4 is 15.0 Å². The molecule has 2 amide bonds. The Morgan fingerprint density at radius 1 is 1.12 bits per heavy atom. The third kappa shape index (κ3) is 5.38. The summed E-state index contributed by atoms with van der Waals surface area (Å²) in [6.45, 7) is 0. The zero-order chi connectivity index (χ0) is 23.2. The van der Waals surface area contributed by atoms with Crippen LogP contribution in [0.3, 0.4) is 0 Å². The smallest absolute Gasteiger partial charge is 0.248 e. The van der Waals surface area contributed by atoms with Crippen molar-refractivity contribution in [1.82, 2.24) is 10.3 Å². The summed E-state index contributed by atoms with van der Waals surface area (Å²) in [5, 5.41) is 3.19. The van der Waals surface area contributed by atoms with E-state index >= 15 is 0 Å². The third-order valence-corrected chi connectivity index (χ3v) is 7.33. The molecule has 2 unspecified atom stereocenters. The fraction of sp³-hybridized carbons (Fsp3) is 0.440. The summed E-state index contributed by atoms with van der Waals surface area (Å²) in [4.78, 5) is 45.2. The molecule has 4 rings (SSSR count). The number of ether oxygens (including phenoxy) is 1. The van der Waals surface area contributed by atoms with Crippen molar-refractivity contribution in [3.63, 3.8) is 0 Å². The van der Waals surface area contributed by atoms with Crippen LogP contribution >= 0.6 is 11.8 Å². The van der Waals surface area contributed by atoms with E-state index in [9.17, 15) is 14.4 Å². The molecule has 8 heteroatoms. The van der Waals surface area contributed by atoms with Crippen molar-refractivity contribution in [3.05, 3.63) is 54.4 Å². The first-order valence-corrected chi connectivity index (χ1v) is 12.4. The molecule has 1 aliphatic carbocycles. The van der Waals surface area contributed by atoms with Crippen molar-refractivity contribution in [3.8, 4) is 5.75 Å². The third-order valence-electron chi connectivity index (χ3n) is 6.27. The molecule has 1 saturated heterocycles. The Morgan fingerprint density at radius 3 is 2.52 bits per heavy atom. The topological polar surface area (TPSA) is 88.6 Å². The molecule has 2 aliphatic rings. The molecule has 0 spiro atoms. The van der Waals surface area contributed by atoms with Gasteiger partial charge in [0.2, 0.25) is 11.8 Å². The highest BCUT2D eigenvalue weighted by Crippen LogP contribution is 2.38. The number of hydrogen-bond donors (Lipinski definition) is 1. The minimum Gasteiger partial charge on any atom is -0.495 e. The molecule has 7 nitrogen and oxygen atoms in total. The summed E-state index contributed by atoms with van der Waals surface area (Å²) < 4.78 is 5.57. The Kier molecular flexibility index (Phi) is 7.65. The lowest BCUT2D eigenvalue weighted by atomic mass is 9.94. The average molecular weight is 468 g/mol. The number of benzene rings is 1. The number of nitrogens with one attached hydrogen (secondary N) is 1. The lowest BCUT2D eigenvalue weighted by Crippen LogP contribution is -2.49. The number of carbonyl (C=O) groups excluding carboxylic acids is 3. The number of thioether (sulfide) groups is 1. The maximum atomic E-state index is 13.9. The summed E-state index contributed by atoms with van der Waals surface area (Å²) in [5.74, 6) is -0.0641. The number of nitrogens with zero attached hydrogens (tertiary/aromatic N) is 2. The molecule has 1 saturated carbocycles. The molecule has 2 aromatic rings. The molecule has 0 radical (unpaired) electrons. The largest absolute Gasteiger partial charge is 0.495 e. The monoisotopic (exact) mass is 467 g/mol. The van der Waals surface area contributed by atoms with Crippen LogP contribution in [0.1, 0.15) is 50.1 Å². The average Bonchev–Trinajstić information content (AvgIpc) is 3.29. The van der Waals surface area contributed by atoms with Crippen molar-refractivity contribution in [2.45, 2.75) is 50.6 Å². The van der Waals surface area contributed by atoms with E-state index in [0.717, 1.165) is 25.7 Å². The lowest BCUT2D eigenvalue weighted by molar-refractivity contribution is -0.129. The molecule has 33 heavy (non-hydrogen) atoms. The number of hydrogen-bond acceptors (Lipinski definition) is 6. The minimum absolute atomic E-state index is 0.000412. The van der Waals surface area contributed by atoms with Crippen LogP contribution in [0.5, 0.6) is 5.75 Å². The van der Waals surface area contributed by atoms with Gasteiger partial charge < -0.3 is 10.1 Å². The predicted octanol–water partition coefficient (Wildman–Crippen LogP) is 3.89. The molecule has 1 aromatic carbocycles. The number of aromatic nitrogens is 1. The van der Waals surface area contributed by atoms with E-state index in [1.807, 2.05) is 12.1 Å². The van der Waals surface area contributed by atoms with Gasteiger partial charge in [0.05, 0.1) is 18.7 Å². The Bertz CT molecular complexity index is 994. The van der Waals surface area contributed by atoms with Crippen molar-refractivity contribution in [2.24, 2.45) is 5.92 Å². The van der Waals surface area contributed by atoms with E-state index in [0.29, 0.717) is 22.8 Å². The van der Waals surface area contributed by atoms with Gasteiger partial charge in [-0.2, -0.15) is 0 Å². The van der Waals surface area contributed by atoms with Crippen molar-refractivity contribution < 1.29 is 19.1 Å². The van der Waals surface area contributed by atoms with E-state index in [1.54, 1.807) is 43.8 Å². The van der Waals surface area contributed by atoms with Gasteiger partial charge in [-0.3, -0.25) is 24.3 Å². The SMILES string of the molecule is COc1ccccc1N(C(=O)C1CSC(=O)C1)C(C(=O)NC1CCCCC1)c1ccncc1. The number of pyridine rings is 1. The molecular formula is C25H29N3O4S. The molecule has 1 aromatic heterocycles. The fourth-order valence-corrected chi connectivity index (χ4v) is 5.54. The first-order valence-electron chi connectivity index (χ1n) is 11.4. The van der Waals surface area contributed by atoms with Gasteiger partial charge in [0.1, 0.15) is 11.8 Å². The van der Waals surface area contributed by atoms with E-state index in [1.165, 1.54) is 23.1 Å². The molecule has 2 atom stereocenters. The van der Waals surface area contributed by atoms with E-state index in [4.69, 9.17) is 4.74 Å². The number of rotatable bonds is 7. The summed E-state index contributed by atoms with van der Waals surface area (Å²) in [6, 6.07) is 9.90. The van der Waals surface area contributed by atoms with Crippen LogP contribution in [0.4, 0.5) is 5.69 Å². The maximum absolute atomic E-state index is 13.9. The number of amides is 2. The number of anilines is 1. The maximum Gasteiger partial charge on any atom is 0.248 e. The van der Waals surface area contributed by atoms with Gasteiger partial charge >= 0.3 is 0 Å². The number of para-hydroxylation sites is 2. The van der Waals surface area contributed by atoms with E-state index in [2.05, 4.69) is 10.3 Å². The molecule has 174 valence electrons. The zero-order valence-corrected chi connectivity index (χ0v) is 19.6. The minimum atomic E-state index is -0.903. The highest BCUT2D eigenvalue weighted by atomic mass is 32.2. The highest BCUT2D eigenvalue weighted by Gasteiger charge is 2.40. The molecule has 1 N–H and O–H groups in total. The van der Waals surface area contributed by atoms with Crippen LogP contribution in [-0.2, 0) is 14.4 Å². The van der Waals surface area contributed by atoms with Gasteiger partial charge in [0, 0.05) is 30.6 Å². The Balaban J connectivity index is 1.77. The summed E-state index contributed by atoms with van der Waals surface area (Å²) in [7, 11) is 1.54. The van der Waals surface area contributed by atoms with Crippen molar-refractivity contribution in [1.29, 1.82) is 0 Å². The van der Waals surface area contributed by atoms with Crippen LogP contribution in [0.25, 0.3) is 0 Å². The highest BCUT2D eigenvalue weighted by molar-refractivity contribution is 8.14. The van der Waals surface area contributed by atoms with Gasteiger partial charge in [-0.15, -0.1) is 0 Å². The number of methoxy groups -OCH3 is 1. The first-order chi connectivity index (χ1) is 16.1. The van der Waals surface area contributed by atoms with Crippen molar-refractivity contribution >= 4 is 34.4 Å². The van der Waals surface area contributed by atoms with Gasteiger partial charge in [-0.25, -0.2) is 0 Å². The molecule has 2 fully saturated rings. The normalized spacial score (nSPS) is 19.7. The van der Waals surface area contributed by atoms with Crippen LogP contribution in [0.2, 0.25) is 0 Å². The Hall–Kier alpha value is -2.87. The Morgan fingerprint density at radius 2 is 1.85 bits per heavy atom. The lowest BCUT2D eigenvalue weighted by Gasteiger charge is -2.35. The summed E-state index contributed by atoms with van der Waals surface area (Å²) >= 11 is 1.17. The second kappa shape index (κ2) is 10.8. The molecule has 1 aliphatic heterocycles. The summed E-state index contributed by atoms with van der Waals surface area (Å²) in [6.07, 6.45) is 8.63. The second-order valence-electron chi connectivity index (χ2n) is 8.49. The van der Waals surface area contributed by atoms with Crippen LogP contribution in [0.15, 0.2) is 48.8 Å². The summed E-state index contributed by atoms with van der Waals surface area (Å²) in [5.41, 5.74) is 1.17. The Labute approximate surface area is 198 Å². The first kappa shape index (κ1) is 23.3. The zero-order valence-electron chi connectivity index (χ0n) is 18.7. The van der Waals surface area contributed by atoms with E-state index < -0.39 is 12.0 Å². The standard InChI is InChI=1S/C25H29N3O4S/c1-32-21-10-6-5-9-20(21)28(25(31)18-15-22(29)33-16-18)23(17-11-13-26-14-12-17)24(30)27-19-7-3-2-4-8-19/h5-6,9-14,18-19,23H,2-4,7-8,15-16H2,1H3,(H,27,30). The fourth-order valence-electron chi connectivity index (χ4n) is 4.57. The molecule has 0 bridgehead atoms.